The second-order valence-corrected chi connectivity index (χ2v) is 11.4. The predicted molar refractivity (Wildman–Crippen MR) is 88.8 cm³/mol. The number of hydrogen-bond donors (Lipinski definition) is 0. The van der Waals surface area contributed by atoms with Crippen molar-refractivity contribution in [3.63, 3.8) is 0 Å². The molecule has 0 bridgehead atoms. The van der Waals surface area contributed by atoms with Crippen LogP contribution >= 0.6 is 0 Å². The molecule has 1 rings (SSSR count). The Kier molecular flexibility index (Phi) is 6.08. The van der Waals surface area contributed by atoms with Crippen LogP contribution in [0.3, 0.4) is 0 Å². The molecule has 1 nitrogen and oxygen atoms in total. The molecule has 2 heteroatoms. The maximum absolute atomic E-state index is 5.49. The second kappa shape index (κ2) is 7.34. The molecule has 106 valence electrons. The summed E-state index contributed by atoms with van der Waals surface area (Å²) in [6.07, 6.45) is 0. The largest absolute Gasteiger partial charge is 0.364 e. The van der Waals surface area contributed by atoms with Crippen molar-refractivity contribution in [1.29, 1.82) is 0 Å². The summed E-state index contributed by atoms with van der Waals surface area (Å²) in [5, 5.41) is 0.283. The van der Waals surface area contributed by atoms with Crippen molar-refractivity contribution in [2.24, 2.45) is 0 Å². The van der Waals surface area contributed by atoms with Crippen LogP contribution in [-0.4, -0.2) is 14.7 Å². The van der Waals surface area contributed by atoms with E-state index in [-0.39, 0.29) is 5.04 Å². The minimum atomic E-state index is -1.53. The fraction of sp³-hybridized carbons (Fsp3) is 0.444. The normalized spacial score (nSPS) is 11.1. The topological polar surface area (TPSA) is 9.23 Å². The first-order valence-electron chi connectivity index (χ1n) is 6.95. The van der Waals surface area contributed by atoms with Gasteiger partial charge in [0.25, 0.3) is 0 Å². The zero-order valence-electron chi connectivity index (χ0n) is 13.2. The van der Waals surface area contributed by atoms with E-state index in [0.717, 1.165) is 0 Å². The molecule has 0 fully saturated rings. The Labute approximate surface area is 124 Å². The Morgan fingerprint density at radius 3 is 2.30 bits per heavy atom. The molecule has 0 aromatic heterocycles. The first-order chi connectivity index (χ1) is 9.33. The molecule has 0 heterocycles. The Bertz CT molecular complexity index is 530. The van der Waals surface area contributed by atoms with E-state index in [9.17, 15) is 0 Å². The van der Waals surface area contributed by atoms with Crippen LogP contribution in [0.5, 0.6) is 0 Å². The highest BCUT2D eigenvalue weighted by atomic mass is 28.3. The molecule has 1 aromatic rings. The van der Waals surface area contributed by atoms with Gasteiger partial charge in [-0.25, -0.2) is 0 Å². The maximum Gasteiger partial charge on any atom is 0.139 e. The number of rotatable bonds is 3. The smallest absolute Gasteiger partial charge is 0.139 e. The molecular formula is C18H24OSi. The molecule has 0 amide bonds. The van der Waals surface area contributed by atoms with Crippen LogP contribution in [0.4, 0.5) is 0 Å². The molecule has 0 radical (unpaired) electrons. The third-order valence-electron chi connectivity index (χ3n) is 3.69. The van der Waals surface area contributed by atoms with Gasteiger partial charge < -0.3 is 4.74 Å². The molecule has 20 heavy (non-hydrogen) atoms. The third-order valence-corrected chi connectivity index (χ3v) is 8.19. The summed E-state index contributed by atoms with van der Waals surface area (Å²) in [4.78, 5) is 0. The van der Waals surface area contributed by atoms with Crippen LogP contribution in [0, 0.1) is 23.3 Å². The quantitative estimate of drug-likeness (QED) is 0.458. The monoisotopic (exact) mass is 284 g/mol. The van der Waals surface area contributed by atoms with Crippen molar-refractivity contribution < 1.29 is 4.74 Å². The Balaban J connectivity index is 2.38. The third kappa shape index (κ3) is 5.66. The van der Waals surface area contributed by atoms with E-state index in [0.29, 0.717) is 13.2 Å². The lowest BCUT2D eigenvalue weighted by molar-refractivity contribution is 0.153. The lowest BCUT2D eigenvalue weighted by Crippen LogP contribution is -2.35. The maximum atomic E-state index is 5.49. The van der Waals surface area contributed by atoms with Gasteiger partial charge in [-0.15, -0.1) is 5.54 Å². The summed E-state index contributed by atoms with van der Waals surface area (Å²) in [5.74, 6) is 8.86. The van der Waals surface area contributed by atoms with E-state index in [4.69, 9.17) is 4.74 Å². The van der Waals surface area contributed by atoms with Crippen LogP contribution in [-0.2, 0) is 11.3 Å². The zero-order valence-corrected chi connectivity index (χ0v) is 14.2. The van der Waals surface area contributed by atoms with Gasteiger partial charge in [0, 0.05) is 0 Å². The molecule has 0 aliphatic carbocycles. The summed E-state index contributed by atoms with van der Waals surface area (Å²) in [5.41, 5.74) is 4.54. The van der Waals surface area contributed by atoms with Crippen molar-refractivity contribution in [2.75, 3.05) is 6.61 Å². The van der Waals surface area contributed by atoms with Gasteiger partial charge in [-0.05, 0) is 22.4 Å². The Morgan fingerprint density at radius 2 is 1.70 bits per heavy atom. The summed E-state index contributed by atoms with van der Waals surface area (Å²) in [6.45, 7) is 12.4. The lowest BCUT2D eigenvalue weighted by atomic mass is 10.2. The van der Waals surface area contributed by atoms with Crippen molar-refractivity contribution in [1.82, 2.24) is 0 Å². The van der Waals surface area contributed by atoms with Crippen molar-refractivity contribution in [3.05, 3.63) is 35.9 Å². The molecule has 1 aromatic carbocycles. The SMILES string of the molecule is CC(C)(C)[Si](C)(C)C#CC#CCOCc1ccccc1. The van der Waals surface area contributed by atoms with Gasteiger partial charge in [-0.3, -0.25) is 0 Å². The van der Waals surface area contributed by atoms with Gasteiger partial charge in [0.15, 0.2) is 0 Å². The van der Waals surface area contributed by atoms with E-state index in [1.54, 1.807) is 0 Å². The Hall–Kier alpha value is -1.48. The first kappa shape index (κ1) is 16.6. The molecule has 0 unspecified atom stereocenters. The average Bonchev–Trinajstić information content (AvgIpc) is 2.37. The molecule has 0 saturated heterocycles. The summed E-state index contributed by atoms with van der Waals surface area (Å²) >= 11 is 0. The molecular weight excluding hydrogens is 260 g/mol. The highest BCUT2D eigenvalue weighted by molar-refractivity contribution is 6.87. The van der Waals surface area contributed by atoms with Crippen LogP contribution in [0.1, 0.15) is 26.3 Å². The minimum Gasteiger partial charge on any atom is -0.364 e. The standard InChI is InChI=1S/C18H24OSi/c1-18(2,3)20(4,5)15-11-7-10-14-19-16-17-12-8-6-9-13-17/h6,8-9,12-13H,14,16H2,1-5H3. The van der Waals surface area contributed by atoms with Crippen LogP contribution in [0.15, 0.2) is 30.3 Å². The van der Waals surface area contributed by atoms with E-state index >= 15 is 0 Å². The molecule has 0 saturated carbocycles. The fourth-order valence-corrected chi connectivity index (χ4v) is 2.00. The van der Waals surface area contributed by atoms with E-state index < -0.39 is 8.07 Å². The molecule has 0 aliphatic rings. The minimum absolute atomic E-state index is 0.283. The number of ether oxygens (including phenoxy) is 1. The van der Waals surface area contributed by atoms with Crippen LogP contribution < -0.4 is 0 Å². The predicted octanol–water partition coefficient (Wildman–Crippen LogP) is 4.26. The van der Waals surface area contributed by atoms with Crippen molar-refractivity contribution >= 4 is 8.07 Å². The molecule has 0 aliphatic heterocycles. The van der Waals surface area contributed by atoms with Gasteiger partial charge in [0.2, 0.25) is 0 Å². The lowest BCUT2D eigenvalue weighted by Gasteiger charge is -2.31. The first-order valence-corrected chi connectivity index (χ1v) is 9.95. The average molecular weight is 284 g/mol. The van der Waals surface area contributed by atoms with Crippen LogP contribution in [0.2, 0.25) is 18.1 Å². The molecule has 0 atom stereocenters. The summed E-state index contributed by atoms with van der Waals surface area (Å²) in [7, 11) is -1.53. The number of hydrogen-bond acceptors (Lipinski definition) is 1. The van der Waals surface area contributed by atoms with Crippen LogP contribution in [0.25, 0.3) is 0 Å². The fourth-order valence-electron chi connectivity index (χ4n) is 1.25. The molecule has 0 N–H and O–H groups in total. The summed E-state index contributed by atoms with van der Waals surface area (Å²) in [6, 6.07) is 10.1. The van der Waals surface area contributed by atoms with Gasteiger partial charge in [-0.1, -0.05) is 70.1 Å². The number of benzene rings is 1. The second-order valence-electron chi connectivity index (χ2n) is 6.41. The Morgan fingerprint density at radius 1 is 1.05 bits per heavy atom. The van der Waals surface area contributed by atoms with Crippen molar-refractivity contribution in [3.8, 4) is 23.3 Å². The van der Waals surface area contributed by atoms with Gasteiger partial charge in [0.05, 0.1) is 6.61 Å². The van der Waals surface area contributed by atoms with Gasteiger partial charge >= 0.3 is 0 Å². The van der Waals surface area contributed by atoms with Crippen molar-refractivity contribution in [2.45, 2.75) is 45.5 Å². The van der Waals surface area contributed by atoms with E-state index in [1.807, 2.05) is 30.3 Å². The highest BCUT2D eigenvalue weighted by Gasteiger charge is 2.33. The molecule has 0 spiro atoms. The van der Waals surface area contributed by atoms with E-state index in [2.05, 4.69) is 57.2 Å². The van der Waals surface area contributed by atoms with E-state index in [1.165, 1.54) is 5.56 Å². The van der Waals surface area contributed by atoms with Gasteiger partial charge in [0.1, 0.15) is 14.7 Å². The van der Waals surface area contributed by atoms with Gasteiger partial charge in [-0.2, -0.15) is 0 Å². The zero-order chi connectivity index (χ0) is 15.1. The summed E-state index contributed by atoms with van der Waals surface area (Å²) < 4.78 is 5.49. The highest BCUT2D eigenvalue weighted by Crippen LogP contribution is 2.34.